The average molecular weight is 270 g/mol. The number of nitrogens with one attached hydrogen (secondary N) is 2. The Labute approximate surface area is 115 Å². The van der Waals surface area contributed by atoms with E-state index in [1.54, 1.807) is 13.8 Å². The normalized spacial score (nSPS) is 19.2. The van der Waals surface area contributed by atoms with Crippen molar-refractivity contribution >= 4 is 12.0 Å². The Balaban J connectivity index is 2.44. The van der Waals surface area contributed by atoms with Crippen LogP contribution in [0.4, 0.5) is 4.79 Å². The first-order valence-corrected chi connectivity index (χ1v) is 7.17. The van der Waals surface area contributed by atoms with Crippen LogP contribution in [0.3, 0.4) is 0 Å². The number of carboxylic acid groups (broad SMARTS) is 1. The van der Waals surface area contributed by atoms with Gasteiger partial charge in [-0.1, -0.05) is 33.6 Å². The first kappa shape index (κ1) is 15.8. The predicted octanol–water partition coefficient (Wildman–Crippen LogP) is 2.37. The van der Waals surface area contributed by atoms with Crippen LogP contribution in [0.2, 0.25) is 0 Å². The Morgan fingerprint density at radius 3 is 2.26 bits per heavy atom. The third-order valence-electron chi connectivity index (χ3n) is 4.26. The van der Waals surface area contributed by atoms with Crippen LogP contribution in [0, 0.1) is 11.3 Å². The zero-order valence-corrected chi connectivity index (χ0v) is 12.2. The van der Waals surface area contributed by atoms with Gasteiger partial charge in [-0.25, -0.2) is 9.59 Å². The van der Waals surface area contributed by atoms with E-state index in [1.165, 1.54) is 12.8 Å². The molecule has 1 aliphatic carbocycles. The summed E-state index contributed by atoms with van der Waals surface area (Å²) in [5, 5.41) is 14.4. The van der Waals surface area contributed by atoms with Crippen molar-refractivity contribution in [3.05, 3.63) is 0 Å². The molecule has 0 spiro atoms. The highest BCUT2D eigenvalue weighted by atomic mass is 16.4. The summed E-state index contributed by atoms with van der Waals surface area (Å²) in [6, 6.07) is -1.21. The first-order chi connectivity index (χ1) is 8.90. The molecule has 2 amide bonds. The fourth-order valence-electron chi connectivity index (χ4n) is 2.75. The topological polar surface area (TPSA) is 78.4 Å². The van der Waals surface area contributed by atoms with Crippen molar-refractivity contribution in [1.82, 2.24) is 10.6 Å². The first-order valence-electron chi connectivity index (χ1n) is 7.17. The van der Waals surface area contributed by atoms with Crippen molar-refractivity contribution in [2.45, 2.75) is 58.9 Å². The van der Waals surface area contributed by atoms with Crippen molar-refractivity contribution in [2.75, 3.05) is 6.54 Å². The minimum atomic E-state index is -0.990. The van der Waals surface area contributed by atoms with Crippen LogP contribution in [0.15, 0.2) is 0 Å². The third kappa shape index (κ3) is 4.40. The highest BCUT2D eigenvalue weighted by Gasteiger charge is 2.32. The molecule has 0 heterocycles. The molecule has 0 aromatic rings. The van der Waals surface area contributed by atoms with Crippen molar-refractivity contribution in [2.24, 2.45) is 11.3 Å². The Morgan fingerprint density at radius 1 is 1.26 bits per heavy atom. The lowest BCUT2D eigenvalue weighted by Crippen LogP contribution is -2.50. The quantitative estimate of drug-likeness (QED) is 0.693. The Hall–Kier alpha value is -1.26. The maximum atomic E-state index is 11.8. The average Bonchev–Trinajstić information content (AvgIpc) is 2.82. The summed E-state index contributed by atoms with van der Waals surface area (Å²) in [7, 11) is 0. The number of urea groups is 1. The van der Waals surface area contributed by atoms with Gasteiger partial charge >= 0.3 is 12.0 Å². The van der Waals surface area contributed by atoms with Crippen LogP contribution in [-0.4, -0.2) is 29.7 Å². The third-order valence-corrected chi connectivity index (χ3v) is 4.26. The molecular weight excluding hydrogens is 244 g/mol. The molecule has 110 valence electrons. The van der Waals surface area contributed by atoms with Gasteiger partial charge in [-0.05, 0) is 30.6 Å². The van der Waals surface area contributed by atoms with E-state index >= 15 is 0 Å². The van der Waals surface area contributed by atoms with Gasteiger partial charge in [-0.3, -0.25) is 0 Å². The van der Waals surface area contributed by atoms with E-state index in [9.17, 15) is 9.59 Å². The van der Waals surface area contributed by atoms with Gasteiger partial charge in [0, 0.05) is 6.54 Å². The van der Waals surface area contributed by atoms with E-state index in [-0.39, 0.29) is 17.4 Å². The smallest absolute Gasteiger partial charge is 0.326 e. The minimum Gasteiger partial charge on any atom is -0.480 e. The molecule has 0 bridgehead atoms. The van der Waals surface area contributed by atoms with Crippen LogP contribution in [0.1, 0.15) is 52.9 Å². The van der Waals surface area contributed by atoms with E-state index in [0.29, 0.717) is 6.54 Å². The van der Waals surface area contributed by atoms with E-state index < -0.39 is 12.0 Å². The van der Waals surface area contributed by atoms with E-state index in [4.69, 9.17) is 5.11 Å². The van der Waals surface area contributed by atoms with Crippen LogP contribution in [-0.2, 0) is 4.79 Å². The van der Waals surface area contributed by atoms with Crippen molar-refractivity contribution in [3.8, 4) is 0 Å². The van der Waals surface area contributed by atoms with E-state index in [1.807, 2.05) is 0 Å². The number of rotatable bonds is 6. The molecule has 1 aliphatic rings. The van der Waals surface area contributed by atoms with Crippen molar-refractivity contribution < 1.29 is 14.7 Å². The van der Waals surface area contributed by atoms with Gasteiger partial charge in [-0.15, -0.1) is 0 Å². The van der Waals surface area contributed by atoms with Crippen molar-refractivity contribution in [3.63, 3.8) is 0 Å². The van der Waals surface area contributed by atoms with E-state index in [0.717, 1.165) is 19.3 Å². The second-order valence-electron chi connectivity index (χ2n) is 5.95. The van der Waals surface area contributed by atoms with Gasteiger partial charge < -0.3 is 15.7 Å². The highest BCUT2D eigenvalue weighted by Crippen LogP contribution is 2.40. The molecule has 5 heteroatoms. The number of carbonyl (C=O) groups excluding carboxylic acids is 1. The van der Waals surface area contributed by atoms with Gasteiger partial charge in [0.15, 0.2) is 0 Å². The lowest BCUT2D eigenvalue weighted by Gasteiger charge is -2.28. The number of amides is 2. The fraction of sp³-hybridized carbons (Fsp3) is 0.857. The summed E-state index contributed by atoms with van der Waals surface area (Å²) in [6.45, 7) is 6.35. The molecular formula is C14H26N2O3. The van der Waals surface area contributed by atoms with Gasteiger partial charge in [0.05, 0.1) is 0 Å². The molecule has 1 rings (SSSR count). The number of aliphatic carboxylic acids is 1. The van der Waals surface area contributed by atoms with Crippen LogP contribution >= 0.6 is 0 Å². The Kier molecular flexibility index (Phi) is 5.63. The van der Waals surface area contributed by atoms with Crippen LogP contribution in [0.25, 0.3) is 0 Å². The zero-order chi connectivity index (χ0) is 14.5. The molecule has 0 aromatic carbocycles. The van der Waals surface area contributed by atoms with Gasteiger partial charge in [0.25, 0.3) is 0 Å². The molecule has 3 N–H and O–H groups in total. The fourth-order valence-corrected chi connectivity index (χ4v) is 2.75. The summed E-state index contributed by atoms with van der Waals surface area (Å²) >= 11 is 0. The Morgan fingerprint density at radius 2 is 1.84 bits per heavy atom. The summed E-state index contributed by atoms with van der Waals surface area (Å²) < 4.78 is 0. The van der Waals surface area contributed by atoms with Crippen molar-refractivity contribution in [1.29, 1.82) is 0 Å². The summed E-state index contributed by atoms with van der Waals surface area (Å²) in [5.74, 6) is -1.12. The largest absolute Gasteiger partial charge is 0.480 e. The molecule has 0 saturated heterocycles. The molecule has 0 aliphatic heterocycles. The molecule has 5 nitrogen and oxygen atoms in total. The van der Waals surface area contributed by atoms with E-state index in [2.05, 4.69) is 17.6 Å². The maximum absolute atomic E-state index is 11.8. The molecule has 19 heavy (non-hydrogen) atoms. The van der Waals surface area contributed by atoms with Gasteiger partial charge in [0.1, 0.15) is 6.04 Å². The number of hydrogen-bond donors (Lipinski definition) is 3. The lowest BCUT2D eigenvalue weighted by molar-refractivity contribution is -0.140. The number of carbonyl (C=O) groups is 2. The number of hydrogen-bond acceptors (Lipinski definition) is 2. The monoisotopic (exact) mass is 270 g/mol. The number of carboxylic acids is 1. The summed E-state index contributed by atoms with van der Waals surface area (Å²) in [5.41, 5.74) is 0.216. The molecule has 1 atom stereocenters. The van der Waals surface area contributed by atoms with Crippen LogP contribution in [0.5, 0.6) is 0 Å². The minimum absolute atomic E-state index is 0.130. The lowest BCUT2D eigenvalue weighted by atomic mass is 9.83. The molecule has 0 radical (unpaired) electrons. The summed E-state index contributed by atoms with van der Waals surface area (Å²) in [4.78, 5) is 22.8. The second-order valence-corrected chi connectivity index (χ2v) is 5.95. The summed E-state index contributed by atoms with van der Waals surface area (Å²) in [6.07, 6.45) is 5.80. The molecule has 1 fully saturated rings. The van der Waals surface area contributed by atoms with Gasteiger partial charge in [0.2, 0.25) is 0 Å². The maximum Gasteiger partial charge on any atom is 0.326 e. The van der Waals surface area contributed by atoms with Crippen LogP contribution < -0.4 is 10.6 Å². The molecule has 0 aromatic heterocycles. The zero-order valence-electron chi connectivity index (χ0n) is 12.2. The molecule has 0 unspecified atom stereocenters. The molecule has 1 saturated carbocycles. The Bertz CT molecular complexity index is 323. The second kappa shape index (κ2) is 6.78. The SMILES string of the molecule is CCC1(CNC(=O)N[C@@H](C(=O)O)C(C)C)CCCC1. The standard InChI is InChI=1S/C14H26N2O3/c1-4-14(7-5-6-8-14)9-15-13(19)16-11(10(2)3)12(17)18/h10-11H,4-9H2,1-3H3,(H,17,18)(H2,15,16,19)/t11-/m1/s1. The highest BCUT2D eigenvalue weighted by molar-refractivity contribution is 5.82. The van der Waals surface area contributed by atoms with Gasteiger partial charge in [-0.2, -0.15) is 0 Å². The predicted molar refractivity (Wildman–Crippen MR) is 74.0 cm³/mol.